The van der Waals surface area contributed by atoms with Gasteiger partial charge in [-0.1, -0.05) is 0 Å². The van der Waals surface area contributed by atoms with Gasteiger partial charge in [-0.3, -0.25) is 5.10 Å². The number of urea groups is 1. The topological polar surface area (TPSA) is 132 Å². The van der Waals surface area contributed by atoms with E-state index in [2.05, 4.69) is 19.9 Å². The van der Waals surface area contributed by atoms with Crippen LogP contribution < -0.4 is 4.72 Å². The average Bonchev–Trinajstić information content (AvgIpc) is 3.31. The van der Waals surface area contributed by atoms with Gasteiger partial charge < -0.3 is 14.9 Å². The van der Waals surface area contributed by atoms with Crippen LogP contribution in [-0.2, 0) is 21.8 Å². The molecule has 14 heteroatoms. The van der Waals surface area contributed by atoms with Crippen LogP contribution in [0.5, 0.6) is 0 Å². The van der Waals surface area contributed by atoms with Gasteiger partial charge in [0, 0.05) is 50.0 Å². The molecule has 2 aliphatic heterocycles. The van der Waals surface area contributed by atoms with Crippen LogP contribution >= 0.6 is 0 Å². The Bertz CT molecular complexity index is 1300. The number of halogens is 3. The molecule has 1 aromatic heterocycles. The van der Waals surface area contributed by atoms with E-state index < -0.39 is 27.4 Å². The van der Waals surface area contributed by atoms with Gasteiger partial charge in [-0.2, -0.15) is 18.3 Å². The number of carbonyl (C=O) groups is 1. The van der Waals surface area contributed by atoms with Crippen molar-refractivity contribution >= 4 is 16.1 Å². The summed E-state index contributed by atoms with van der Waals surface area (Å²) in [4.78, 5) is 20.5. The van der Waals surface area contributed by atoms with Gasteiger partial charge >= 0.3 is 12.2 Å². The van der Waals surface area contributed by atoms with Crippen molar-refractivity contribution in [1.82, 2.24) is 29.7 Å². The van der Waals surface area contributed by atoms with E-state index in [4.69, 9.17) is 0 Å². The quantitative estimate of drug-likeness (QED) is 0.514. The largest absolute Gasteiger partial charge is 0.416 e. The molecule has 2 aliphatic carbocycles. The second-order valence-electron chi connectivity index (χ2n) is 11.0. The average molecular weight is 541 g/mol. The first-order valence-corrected chi connectivity index (χ1v) is 13.7. The molecule has 1 spiro atoms. The molecule has 1 aromatic carbocycles. The first kappa shape index (κ1) is 24.6. The molecule has 2 saturated heterocycles. The predicted molar refractivity (Wildman–Crippen MR) is 123 cm³/mol. The minimum Gasteiger partial charge on any atom is -0.382 e. The fourth-order valence-corrected chi connectivity index (χ4v) is 6.65. The maximum Gasteiger partial charge on any atom is 0.416 e. The number of nitrogens with zero attached hydrogens (tertiary/aromatic N) is 4. The van der Waals surface area contributed by atoms with Gasteiger partial charge in [0.05, 0.1) is 10.5 Å². The number of nitrogens with one attached hydrogen (secondary N) is 2. The summed E-state index contributed by atoms with van der Waals surface area (Å²) in [5, 5.41) is 17.2. The number of hydrogen-bond acceptors (Lipinski definition) is 6. The molecule has 4 fully saturated rings. The molecule has 4 aliphatic rings. The number of alkyl halides is 3. The summed E-state index contributed by atoms with van der Waals surface area (Å²) in [6.07, 6.45) is -1.32. The van der Waals surface area contributed by atoms with E-state index in [0.717, 1.165) is 42.9 Å². The third-order valence-electron chi connectivity index (χ3n) is 7.99. The fraction of sp³-hybridized carbons (Fsp3) is 0.609. The number of aromatic nitrogens is 3. The lowest BCUT2D eigenvalue weighted by Crippen LogP contribution is -2.67. The van der Waals surface area contributed by atoms with Crippen molar-refractivity contribution in [2.24, 2.45) is 11.3 Å². The number of sulfonamides is 1. The van der Waals surface area contributed by atoms with Crippen molar-refractivity contribution in [2.45, 2.75) is 48.3 Å². The number of aromatic amines is 1. The van der Waals surface area contributed by atoms with Crippen molar-refractivity contribution in [3.05, 3.63) is 41.5 Å². The summed E-state index contributed by atoms with van der Waals surface area (Å²) in [7, 11) is -3.94. The molecule has 2 amide bonds. The van der Waals surface area contributed by atoms with E-state index >= 15 is 0 Å². The fourth-order valence-electron chi connectivity index (χ4n) is 5.53. The van der Waals surface area contributed by atoms with Crippen LogP contribution in [-0.4, -0.2) is 77.3 Å². The summed E-state index contributed by atoms with van der Waals surface area (Å²) in [6, 6.07) is 3.29. The zero-order valence-corrected chi connectivity index (χ0v) is 20.6. The molecule has 200 valence electrons. The second kappa shape index (κ2) is 8.14. The summed E-state index contributed by atoms with van der Waals surface area (Å²) < 4.78 is 65.3. The predicted octanol–water partition coefficient (Wildman–Crippen LogP) is 2.01. The lowest BCUT2D eigenvalue weighted by molar-refractivity contribution is -0.137. The Hall–Kier alpha value is -2.71. The molecule has 0 unspecified atom stereocenters. The Labute approximate surface area is 211 Å². The van der Waals surface area contributed by atoms with Crippen molar-refractivity contribution in [2.75, 3.05) is 32.7 Å². The highest BCUT2D eigenvalue weighted by atomic mass is 32.2. The normalized spacial score (nSPS) is 22.9. The Morgan fingerprint density at radius 1 is 1.14 bits per heavy atom. The monoisotopic (exact) mass is 540 g/mol. The van der Waals surface area contributed by atoms with E-state index in [0.29, 0.717) is 44.8 Å². The highest BCUT2D eigenvalue weighted by Crippen LogP contribution is 2.56. The standard InChI is InChI=1S/C23H27F3N6O4S/c24-23(25,26)16-1-3-17(4-2-16)37(35,36)27-9-14-10-31(11-14)20(33)32-12-21(13-32)7-15(8-21)18-28-19(30-29-18)22(34)5-6-22/h1-4,14-15,27,34H,5-13H2,(H,28,29,30). The first-order chi connectivity index (χ1) is 17.4. The van der Waals surface area contributed by atoms with Gasteiger partial charge in [-0.15, -0.1) is 0 Å². The minimum absolute atomic E-state index is 0.0570. The lowest BCUT2D eigenvalue weighted by atomic mass is 9.57. The SMILES string of the molecule is O=C(N1CC(CNS(=O)(=O)c2ccc(C(F)(F)F)cc2)C1)N1CC2(CC(c3nc(C4(O)CC4)n[nH]3)C2)C1. The minimum atomic E-state index is -4.53. The highest BCUT2D eigenvalue weighted by molar-refractivity contribution is 7.89. The van der Waals surface area contributed by atoms with E-state index in [-0.39, 0.29) is 34.7 Å². The molecule has 2 aromatic rings. The molecule has 2 saturated carbocycles. The number of rotatable bonds is 6. The number of H-pyrrole nitrogens is 1. The summed E-state index contributed by atoms with van der Waals surface area (Å²) in [5.41, 5.74) is -1.66. The molecular formula is C23H27F3N6O4S. The van der Waals surface area contributed by atoms with E-state index in [1.807, 2.05) is 0 Å². The summed E-state index contributed by atoms with van der Waals surface area (Å²) in [5.74, 6) is 1.48. The molecule has 3 N–H and O–H groups in total. The zero-order chi connectivity index (χ0) is 26.2. The smallest absolute Gasteiger partial charge is 0.382 e. The van der Waals surface area contributed by atoms with Crippen molar-refractivity contribution in [3.8, 4) is 0 Å². The zero-order valence-electron chi connectivity index (χ0n) is 19.8. The van der Waals surface area contributed by atoms with Crippen LogP contribution in [0, 0.1) is 11.3 Å². The number of carbonyl (C=O) groups excluding carboxylic acids is 1. The number of aliphatic hydroxyl groups is 1. The number of benzene rings is 1. The number of amides is 2. The van der Waals surface area contributed by atoms with Crippen LogP contribution in [0.25, 0.3) is 0 Å². The van der Waals surface area contributed by atoms with Crippen molar-refractivity contribution in [3.63, 3.8) is 0 Å². The Morgan fingerprint density at radius 2 is 1.78 bits per heavy atom. The summed E-state index contributed by atoms with van der Waals surface area (Å²) in [6.45, 7) is 2.30. The second-order valence-corrected chi connectivity index (χ2v) is 12.7. The van der Waals surface area contributed by atoms with Crippen LogP contribution in [0.2, 0.25) is 0 Å². The lowest BCUT2D eigenvalue weighted by Gasteiger charge is -2.59. The number of likely N-dealkylation sites (tertiary alicyclic amines) is 2. The molecule has 10 nitrogen and oxygen atoms in total. The van der Waals surface area contributed by atoms with Crippen LogP contribution in [0.15, 0.2) is 29.2 Å². The highest BCUT2D eigenvalue weighted by Gasteiger charge is 2.56. The van der Waals surface area contributed by atoms with E-state index in [1.165, 1.54) is 0 Å². The Morgan fingerprint density at radius 3 is 2.38 bits per heavy atom. The molecule has 0 bridgehead atoms. The van der Waals surface area contributed by atoms with Crippen LogP contribution in [0.4, 0.5) is 18.0 Å². The van der Waals surface area contributed by atoms with Gasteiger partial charge in [0.1, 0.15) is 11.4 Å². The Kier molecular flexibility index (Phi) is 5.42. The molecule has 0 atom stereocenters. The van der Waals surface area contributed by atoms with Gasteiger partial charge in [-0.25, -0.2) is 22.9 Å². The molecular weight excluding hydrogens is 513 g/mol. The van der Waals surface area contributed by atoms with Crippen LogP contribution in [0.3, 0.4) is 0 Å². The first-order valence-electron chi connectivity index (χ1n) is 12.2. The molecule has 3 heterocycles. The maximum absolute atomic E-state index is 12.8. The van der Waals surface area contributed by atoms with Gasteiger partial charge in [0.25, 0.3) is 0 Å². The third-order valence-corrected chi connectivity index (χ3v) is 9.43. The third kappa shape index (κ3) is 4.48. The maximum atomic E-state index is 12.8. The molecule has 37 heavy (non-hydrogen) atoms. The van der Waals surface area contributed by atoms with Crippen LogP contribution in [0.1, 0.15) is 48.8 Å². The van der Waals surface area contributed by atoms with Crippen molar-refractivity contribution in [1.29, 1.82) is 0 Å². The van der Waals surface area contributed by atoms with Gasteiger partial charge in [-0.05, 0) is 49.9 Å². The molecule has 6 rings (SSSR count). The Balaban J connectivity index is 0.925. The van der Waals surface area contributed by atoms with Gasteiger partial charge in [0.15, 0.2) is 5.82 Å². The van der Waals surface area contributed by atoms with E-state index in [9.17, 15) is 31.5 Å². The van der Waals surface area contributed by atoms with Gasteiger partial charge in [0.2, 0.25) is 10.0 Å². The van der Waals surface area contributed by atoms with E-state index in [1.54, 1.807) is 9.80 Å². The summed E-state index contributed by atoms with van der Waals surface area (Å²) >= 11 is 0. The van der Waals surface area contributed by atoms with Crippen molar-refractivity contribution < 1.29 is 31.5 Å². The number of hydrogen-bond donors (Lipinski definition) is 3. The molecule has 0 radical (unpaired) electrons.